The standard InChI is InChI=1S/C21H25FN2O4S2/c22-15-9-11-17(12-10-15)30(27,28)19(18-8-5-13-29-18)14-23-20(25)21(26)24-16-6-3-1-2-4-7-16/h5,8-13,16,19H,1-4,6-7,14H2,(H,23,25)(H,24,26). The lowest BCUT2D eigenvalue weighted by Gasteiger charge is -2.19. The maximum absolute atomic E-state index is 13.2. The highest BCUT2D eigenvalue weighted by Gasteiger charge is 2.31. The van der Waals surface area contributed by atoms with Crippen LogP contribution in [-0.2, 0) is 19.4 Å². The molecule has 1 unspecified atom stereocenters. The van der Waals surface area contributed by atoms with E-state index >= 15 is 0 Å². The summed E-state index contributed by atoms with van der Waals surface area (Å²) < 4.78 is 39.4. The van der Waals surface area contributed by atoms with Crippen LogP contribution in [0.4, 0.5) is 4.39 Å². The molecule has 0 aliphatic heterocycles. The van der Waals surface area contributed by atoms with Gasteiger partial charge in [-0.25, -0.2) is 12.8 Å². The van der Waals surface area contributed by atoms with Crippen LogP contribution in [0.1, 0.15) is 48.7 Å². The van der Waals surface area contributed by atoms with E-state index in [9.17, 15) is 22.4 Å². The van der Waals surface area contributed by atoms with Crippen molar-refractivity contribution < 1.29 is 22.4 Å². The Labute approximate surface area is 179 Å². The summed E-state index contributed by atoms with van der Waals surface area (Å²) in [5.41, 5.74) is 0. The Kier molecular flexibility index (Phi) is 7.60. The largest absolute Gasteiger partial charge is 0.346 e. The van der Waals surface area contributed by atoms with E-state index in [-0.39, 0.29) is 17.5 Å². The number of thiophene rings is 1. The first-order valence-corrected chi connectivity index (χ1v) is 12.4. The number of hydrogen-bond acceptors (Lipinski definition) is 5. The smallest absolute Gasteiger partial charge is 0.309 e. The third kappa shape index (κ3) is 5.66. The lowest BCUT2D eigenvalue weighted by Crippen LogP contribution is -2.45. The van der Waals surface area contributed by atoms with Crippen LogP contribution < -0.4 is 10.6 Å². The van der Waals surface area contributed by atoms with Gasteiger partial charge in [-0.1, -0.05) is 31.7 Å². The molecule has 1 atom stereocenters. The zero-order valence-corrected chi connectivity index (χ0v) is 18.1. The van der Waals surface area contributed by atoms with Gasteiger partial charge in [0.1, 0.15) is 11.1 Å². The molecule has 2 N–H and O–H groups in total. The van der Waals surface area contributed by atoms with E-state index in [1.54, 1.807) is 17.5 Å². The van der Waals surface area contributed by atoms with Gasteiger partial charge in [0, 0.05) is 17.5 Å². The Hall–Kier alpha value is -2.26. The number of carbonyl (C=O) groups is 2. The molecule has 2 amide bonds. The monoisotopic (exact) mass is 452 g/mol. The van der Waals surface area contributed by atoms with E-state index in [1.807, 2.05) is 0 Å². The lowest BCUT2D eigenvalue weighted by molar-refractivity contribution is -0.139. The molecule has 162 valence electrons. The van der Waals surface area contributed by atoms with Crippen LogP contribution in [0.3, 0.4) is 0 Å². The summed E-state index contributed by atoms with van der Waals surface area (Å²) in [5.74, 6) is -2.13. The molecule has 0 bridgehead atoms. The molecular formula is C21H25FN2O4S2. The van der Waals surface area contributed by atoms with Crippen molar-refractivity contribution >= 4 is 33.0 Å². The van der Waals surface area contributed by atoms with E-state index < -0.39 is 32.7 Å². The Morgan fingerprint density at radius 3 is 2.30 bits per heavy atom. The lowest BCUT2D eigenvalue weighted by atomic mass is 10.1. The predicted molar refractivity (Wildman–Crippen MR) is 113 cm³/mol. The predicted octanol–water partition coefficient (Wildman–Crippen LogP) is 3.36. The molecule has 1 heterocycles. The number of amides is 2. The summed E-state index contributed by atoms with van der Waals surface area (Å²) in [4.78, 5) is 25.1. The van der Waals surface area contributed by atoms with Crippen LogP contribution in [0.2, 0.25) is 0 Å². The summed E-state index contributed by atoms with van der Waals surface area (Å²) in [5, 5.41) is 5.89. The fraction of sp³-hybridized carbons (Fsp3) is 0.429. The average molecular weight is 453 g/mol. The molecular weight excluding hydrogens is 427 g/mol. The molecule has 6 nitrogen and oxygen atoms in total. The maximum atomic E-state index is 13.2. The number of nitrogens with one attached hydrogen (secondary N) is 2. The first-order chi connectivity index (χ1) is 14.4. The molecule has 0 radical (unpaired) electrons. The summed E-state index contributed by atoms with van der Waals surface area (Å²) in [6.45, 7) is -0.253. The molecule has 2 aromatic rings. The summed E-state index contributed by atoms with van der Waals surface area (Å²) in [6, 6.07) is 7.91. The van der Waals surface area contributed by atoms with Crippen molar-refractivity contribution in [1.82, 2.24) is 10.6 Å². The quantitative estimate of drug-likeness (QED) is 0.399. The fourth-order valence-corrected chi connectivity index (χ4v) is 6.35. The van der Waals surface area contributed by atoms with Crippen molar-refractivity contribution in [3.8, 4) is 0 Å². The minimum absolute atomic E-state index is 0.0261. The number of carbonyl (C=O) groups excluding carboxylic acids is 2. The van der Waals surface area contributed by atoms with Crippen LogP contribution in [0, 0.1) is 5.82 Å². The van der Waals surface area contributed by atoms with Crippen molar-refractivity contribution in [2.75, 3.05) is 6.54 Å². The number of benzene rings is 1. The SMILES string of the molecule is O=C(NCC(c1cccs1)S(=O)(=O)c1ccc(F)cc1)C(=O)NC1CCCCCC1. The van der Waals surface area contributed by atoms with Crippen molar-refractivity contribution in [2.24, 2.45) is 0 Å². The second-order valence-electron chi connectivity index (χ2n) is 7.37. The average Bonchev–Trinajstić information content (AvgIpc) is 3.12. The van der Waals surface area contributed by atoms with Gasteiger partial charge in [0.15, 0.2) is 9.84 Å². The van der Waals surface area contributed by atoms with Gasteiger partial charge in [-0.15, -0.1) is 11.3 Å². The number of sulfone groups is 1. The summed E-state index contributed by atoms with van der Waals surface area (Å²) in [6.07, 6.45) is 5.97. The van der Waals surface area contributed by atoms with Gasteiger partial charge < -0.3 is 10.6 Å². The topological polar surface area (TPSA) is 92.3 Å². The molecule has 1 saturated carbocycles. The molecule has 3 rings (SSSR count). The van der Waals surface area contributed by atoms with Crippen molar-refractivity contribution in [3.05, 3.63) is 52.5 Å². The minimum atomic E-state index is -3.90. The first-order valence-electron chi connectivity index (χ1n) is 9.99. The second-order valence-corrected chi connectivity index (χ2v) is 10.5. The van der Waals surface area contributed by atoms with E-state index in [2.05, 4.69) is 10.6 Å². The number of hydrogen-bond donors (Lipinski definition) is 2. The van der Waals surface area contributed by atoms with Crippen LogP contribution in [-0.4, -0.2) is 32.8 Å². The molecule has 30 heavy (non-hydrogen) atoms. The maximum Gasteiger partial charge on any atom is 0.309 e. The van der Waals surface area contributed by atoms with Gasteiger partial charge >= 0.3 is 11.8 Å². The summed E-state index contributed by atoms with van der Waals surface area (Å²) in [7, 11) is -3.90. The molecule has 0 saturated heterocycles. The minimum Gasteiger partial charge on any atom is -0.346 e. The van der Waals surface area contributed by atoms with Crippen molar-refractivity contribution in [1.29, 1.82) is 0 Å². The Morgan fingerprint density at radius 2 is 1.70 bits per heavy atom. The zero-order chi connectivity index (χ0) is 21.6. The van der Waals surface area contributed by atoms with Gasteiger partial charge in [-0.2, -0.15) is 0 Å². The highest BCUT2D eigenvalue weighted by molar-refractivity contribution is 7.91. The molecule has 1 aromatic heterocycles. The van der Waals surface area contributed by atoms with Crippen molar-refractivity contribution in [2.45, 2.75) is 54.7 Å². The Bertz CT molecular complexity index is 951. The first kappa shape index (κ1) is 22.4. The van der Waals surface area contributed by atoms with Crippen molar-refractivity contribution in [3.63, 3.8) is 0 Å². The molecule has 0 spiro atoms. The van der Waals surface area contributed by atoms with Crippen LogP contribution >= 0.6 is 11.3 Å². The van der Waals surface area contributed by atoms with E-state index in [0.29, 0.717) is 4.88 Å². The third-order valence-corrected chi connectivity index (χ3v) is 8.46. The Morgan fingerprint density at radius 1 is 1.03 bits per heavy atom. The van der Waals surface area contributed by atoms with E-state index in [0.717, 1.165) is 50.7 Å². The number of rotatable bonds is 6. The molecule has 1 aliphatic carbocycles. The van der Waals surface area contributed by atoms with Crippen LogP contribution in [0.5, 0.6) is 0 Å². The zero-order valence-electron chi connectivity index (χ0n) is 16.5. The van der Waals surface area contributed by atoms with Gasteiger partial charge in [0.05, 0.1) is 4.90 Å². The van der Waals surface area contributed by atoms with Crippen LogP contribution in [0.15, 0.2) is 46.7 Å². The molecule has 9 heteroatoms. The highest BCUT2D eigenvalue weighted by Crippen LogP contribution is 2.31. The highest BCUT2D eigenvalue weighted by atomic mass is 32.2. The van der Waals surface area contributed by atoms with Gasteiger partial charge in [0.25, 0.3) is 0 Å². The van der Waals surface area contributed by atoms with Crippen LogP contribution in [0.25, 0.3) is 0 Å². The van der Waals surface area contributed by atoms with Gasteiger partial charge in [0.2, 0.25) is 0 Å². The van der Waals surface area contributed by atoms with E-state index in [1.165, 1.54) is 23.5 Å². The fourth-order valence-electron chi connectivity index (χ4n) is 3.57. The van der Waals surface area contributed by atoms with E-state index in [4.69, 9.17) is 0 Å². The number of halogens is 1. The molecule has 1 aromatic carbocycles. The third-order valence-electron chi connectivity index (χ3n) is 5.22. The van der Waals surface area contributed by atoms with Gasteiger partial charge in [-0.05, 0) is 48.6 Å². The second kappa shape index (κ2) is 10.2. The molecule has 1 aliphatic rings. The Balaban J connectivity index is 1.69. The normalized spacial score (nSPS) is 16.4. The summed E-state index contributed by atoms with van der Waals surface area (Å²) >= 11 is 1.24. The van der Waals surface area contributed by atoms with Gasteiger partial charge in [-0.3, -0.25) is 9.59 Å². The molecule has 1 fully saturated rings.